The molecule has 2 aliphatic rings. The Balaban J connectivity index is 1.72. The van der Waals surface area contributed by atoms with Crippen LogP contribution in [0.3, 0.4) is 0 Å². The first-order valence-electron chi connectivity index (χ1n) is 8.18. The van der Waals surface area contributed by atoms with Crippen molar-refractivity contribution in [2.75, 3.05) is 13.2 Å². The molecule has 0 aromatic heterocycles. The van der Waals surface area contributed by atoms with E-state index in [2.05, 4.69) is 37.3 Å². The maximum absolute atomic E-state index is 6.14. The fourth-order valence-corrected chi connectivity index (χ4v) is 3.79. The Kier molecular flexibility index (Phi) is 4.74. The van der Waals surface area contributed by atoms with Crippen molar-refractivity contribution in [2.45, 2.75) is 51.2 Å². The molecule has 0 radical (unpaired) electrons. The number of fused-ring (bicyclic) bond motifs is 1. The third kappa shape index (κ3) is 2.91. The minimum atomic E-state index is 0.244. The van der Waals surface area contributed by atoms with Gasteiger partial charge in [0.2, 0.25) is 0 Å². The molecule has 0 N–H and O–H groups in total. The summed E-state index contributed by atoms with van der Waals surface area (Å²) >= 11 is 0. The van der Waals surface area contributed by atoms with Gasteiger partial charge in [0.05, 0.1) is 18.8 Å². The van der Waals surface area contributed by atoms with E-state index < -0.39 is 0 Å². The van der Waals surface area contributed by atoms with Crippen LogP contribution in [-0.2, 0) is 9.47 Å². The Morgan fingerprint density at radius 3 is 2.75 bits per heavy atom. The first-order chi connectivity index (χ1) is 9.90. The average Bonchev–Trinajstić information content (AvgIpc) is 2.93. The fourth-order valence-electron chi connectivity index (χ4n) is 3.79. The lowest BCUT2D eigenvalue weighted by atomic mass is 9.78. The van der Waals surface area contributed by atoms with E-state index in [-0.39, 0.29) is 6.10 Å². The van der Waals surface area contributed by atoms with Gasteiger partial charge in [-0.05, 0) is 24.3 Å². The van der Waals surface area contributed by atoms with E-state index in [0.717, 1.165) is 19.6 Å². The largest absolute Gasteiger partial charge is 0.378 e. The molecule has 0 amide bonds. The molecular weight excluding hydrogens is 248 g/mol. The molecule has 2 saturated heterocycles. The van der Waals surface area contributed by atoms with Crippen LogP contribution in [0.4, 0.5) is 0 Å². The van der Waals surface area contributed by atoms with Crippen LogP contribution >= 0.6 is 0 Å². The molecule has 1 aromatic carbocycles. The molecule has 4 atom stereocenters. The number of unbranched alkanes of at least 4 members (excludes halogenated alkanes) is 2. The van der Waals surface area contributed by atoms with Gasteiger partial charge < -0.3 is 9.47 Å². The minimum Gasteiger partial charge on any atom is -0.378 e. The van der Waals surface area contributed by atoms with Crippen molar-refractivity contribution in [3.8, 4) is 0 Å². The van der Waals surface area contributed by atoms with E-state index in [1.54, 1.807) is 0 Å². The van der Waals surface area contributed by atoms with Crippen molar-refractivity contribution in [1.29, 1.82) is 0 Å². The van der Waals surface area contributed by atoms with Gasteiger partial charge in [-0.1, -0.05) is 56.5 Å². The summed E-state index contributed by atoms with van der Waals surface area (Å²) < 4.78 is 12.3. The second kappa shape index (κ2) is 6.73. The van der Waals surface area contributed by atoms with Crippen molar-refractivity contribution < 1.29 is 9.47 Å². The quantitative estimate of drug-likeness (QED) is 0.743. The van der Waals surface area contributed by atoms with Gasteiger partial charge >= 0.3 is 0 Å². The minimum absolute atomic E-state index is 0.244. The third-order valence-corrected chi connectivity index (χ3v) is 4.85. The first kappa shape index (κ1) is 14.1. The van der Waals surface area contributed by atoms with Gasteiger partial charge in [-0.25, -0.2) is 0 Å². The molecule has 2 heteroatoms. The normalized spacial score (nSPS) is 33.0. The van der Waals surface area contributed by atoms with Crippen LogP contribution < -0.4 is 0 Å². The van der Waals surface area contributed by atoms with Gasteiger partial charge in [0.15, 0.2) is 0 Å². The summed E-state index contributed by atoms with van der Waals surface area (Å²) in [6, 6.07) is 10.7. The summed E-state index contributed by atoms with van der Waals surface area (Å²) in [6.07, 6.45) is 6.88. The van der Waals surface area contributed by atoms with E-state index in [9.17, 15) is 0 Å². The highest BCUT2D eigenvalue weighted by Crippen LogP contribution is 2.46. The van der Waals surface area contributed by atoms with Gasteiger partial charge in [-0.15, -0.1) is 0 Å². The van der Waals surface area contributed by atoms with Crippen molar-refractivity contribution in [1.82, 2.24) is 0 Å². The Morgan fingerprint density at radius 1 is 1.10 bits per heavy atom. The molecule has 1 aromatic rings. The standard InChI is InChI=1S/C18H26O2/c1-2-3-5-10-16-17-15(11-12-19-16)13-20-18(17)14-8-6-4-7-9-14/h4,6-9,15-18H,2-3,5,10-13H2,1H3/t15-,16+,17-,18-/m0/s1. The molecular formula is C18H26O2. The Morgan fingerprint density at radius 2 is 1.95 bits per heavy atom. The van der Waals surface area contributed by atoms with Crippen molar-refractivity contribution >= 4 is 0 Å². The van der Waals surface area contributed by atoms with Crippen LogP contribution in [0.15, 0.2) is 30.3 Å². The molecule has 0 saturated carbocycles. The summed E-state index contributed by atoms with van der Waals surface area (Å²) in [5.41, 5.74) is 1.32. The predicted octanol–water partition coefficient (Wildman–Crippen LogP) is 4.36. The van der Waals surface area contributed by atoms with Gasteiger partial charge in [0, 0.05) is 12.5 Å². The van der Waals surface area contributed by atoms with Crippen LogP contribution in [0.25, 0.3) is 0 Å². The van der Waals surface area contributed by atoms with E-state index in [1.165, 1.54) is 31.2 Å². The van der Waals surface area contributed by atoms with Gasteiger partial charge in [0.1, 0.15) is 0 Å². The molecule has 2 heterocycles. The molecule has 2 aliphatic heterocycles. The van der Waals surface area contributed by atoms with E-state index in [4.69, 9.17) is 9.47 Å². The monoisotopic (exact) mass is 274 g/mol. The van der Waals surface area contributed by atoms with Crippen molar-refractivity contribution in [2.24, 2.45) is 11.8 Å². The van der Waals surface area contributed by atoms with Crippen LogP contribution in [0.5, 0.6) is 0 Å². The van der Waals surface area contributed by atoms with Gasteiger partial charge in [-0.3, -0.25) is 0 Å². The van der Waals surface area contributed by atoms with E-state index >= 15 is 0 Å². The number of ether oxygens (including phenoxy) is 2. The van der Waals surface area contributed by atoms with Crippen LogP contribution in [-0.4, -0.2) is 19.3 Å². The third-order valence-electron chi connectivity index (χ3n) is 4.85. The maximum Gasteiger partial charge on any atom is 0.0881 e. The molecule has 2 fully saturated rings. The highest BCUT2D eigenvalue weighted by atomic mass is 16.5. The zero-order chi connectivity index (χ0) is 13.8. The molecule has 0 aliphatic carbocycles. The maximum atomic E-state index is 6.14. The summed E-state index contributed by atoms with van der Waals surface area (Å²) in [6.45, 7) is 4.09. The Bertz CT molecular complexity index is 403. The Labute approximate surface area is 122 Å². The van der Waals surface area contributed by atoms with E-state index in [0.29, 0.717) is 17.9 Å². The predicted molar refractivity (Wildman–Crippen MR) is 80.6 cm³/mol. The first-order valence-corrected chi connectivity index (χ1v) is 8.18. The lowest BCUT2D eigenvalue weighted by Crippen LogP contribution is -2.36. The second-order valence-corrected chi connectivity index (χ2v) is 6.20. The van der Waals surface area contributed by atoms with Crippen LogP contribution in [0.1, 0.15) is 50.7 Å². The average molecular weight is 274 g/mol. The topological polar surface area (TPSA) is 18.5 Å². The summed E-state index contributed by atoms with van der Waals surface area (Å²) in [7, 11) is 0. The van der Waals surface area contributed by atoms with E-state index in [1.807, 2.05) is 0 Å². The highest BCUT2D eigenvalue weighted by Gasteiger charge is 2.45. The summed E-state index contributed by atoms with van der Waals surface area (Å²) in [5.74, 6) is 1.25. The molecule has 110 valence electrons. The summed E-state index contributed by atoms with van der Waals surface area (Å²) in [4.78, 5) is 0. The second-order valence-electron chi connectivity index (χ2n) is 6.20. The number of hydrogen-bond acceptors (Lipinski definition) is 2. The number of hydrogen-bond donors (Lipinski definition) is 0. The Hall–Kier alpha value is -0.860. The number of rotatable bonds is 5. The molecule has 0 unspecified atom stereocenters. The van der Waals surface area contributed by atoms with Gasteiger partial charge in [-0.2, -0.15) is 0 Å². The molecule has 3 rings (SSSR count). The lowest BCUT2D eigenvalue weighted by molar-refractivity contribution is -0.0627. The summed E-state index contributed by atoms with van der Waals surface area (Å²) in [5, 5.41) is 0. The molecule has 0 spiro atoms. The fraction of sp³-hybridized carbons (Fsp3) is 0.667. The molecule has 20 heavy (non-hydrogen) atoms. The smallest absolute Gasteiger partial charge is 0.0881 e. The lowest BCUT2D eigenvalue weighted by Gasteiger charge is -2.35. The highest BCUT2D eigenvalue weighted by molar-refractivity contribution is 5.20. The SMILES string of the molecule is CCCCC[C@H]1OCC[C@H]2CO[C@@H](c3ccccc3)[C@@H]21. The van der Waals surface area contributed by atoms with Crippen LogP contribution in [0.2, 0.25) is 0 Å². The molecule has 0 bridgehead atoms. The van der Waals surface area contributed by atoms with Crippen molar-refractivity contribution in [3.63, 3.8) is 0 Å². The number of benzene rings is 1. The zero-order valence-corrected chi connectivity index (χ0v) is 12.5. The van der Waals surface area contributed by atoms with Crippen LogP contribution in [0, 0.1) is 11.8 Å². The zero-order valence-electron chi connectivity index (χ0n) is 12.5. The van der Waals surface area contributed by atoms with Gasteiger partial charge in [0.25, 0.3) is 0 Å². The molecule has 2 nitrogen and oxygen atoms in total. The van der Waals surface area contributed by atoms with Crippen molar-refractivity contribution in [3.05, 3.63) is 35.9 Å².